The predicted octanol–water partition coefficient (Wildman–Crippen LogP) is 1.29. The molecule has 20 heavy (non-hydrogen) atoms. The van der Waals surface area contributed by atoms with Gasteiger partial charge in [-0.2, -0.15) is 0 Å². The van der Waals surface area contributed by atoms with E-state index in [2.05, 4.69) is 15.2 Å². The molecule has 0 unspecified atom stereocenters. The van der Waals surface area contributed by atoms with Gasteiger partial charge in [0.1, 0.15) is 12.4 Å². The third-order valence-electron chi connectivity index (χ3n) is 3.27. The van der Waals surface area contributed by atoms with Gasteiger partial charge < -0.3 is 14.4 Å². The molecule has 0 aromatic carbocycles. The summed E-state index contributed by atoms with van der Waals surface area (Å²) in [7, 11) is 0. The van der Waals surface area contributed by atoms with E-state index < -0.39 is 5.97 Å². The van der Waals surface area contributed by atoms with E-state index in [0.29, 0.717) is 0 Å². The number of rotatable bonds is 4. The maximum Gasteiger partial charge on any atom is 0.358 e. The van der Waals surface area contributed by atoms with Crippen molar-refractivity contribution in [2.24, 2.45) is 0 Å². The Balaban J connectivity index is 1.77. The van der Waals surface area contributed by atoms with Crippen molar-refractivity contribution in [2.45, 2.75) is 32.4 Å². The molecule has 1 aliphatic rings. The van der Waals surface area contributed by atoms with Crippen LogP contribution in [0, 0.1) is 0 Å². The van der Waals surface area contributed by atoms with Gasteiger partial charge in [0.15, 0.2) is 17.3 Å². The number of aromatic carboxylic acids is 1. The lowest BCUT2D eigenvalue weighted by atomic mass is 10.2. The van der Waals surface area contributed by atoms with Gasteiger partial charge in [-0.25, -0.2) is 9.78 Å². The second-order valence-corrected chi connectivity index (χ2v) is 4.59. The molecule has 2 aromatic rings. The number of carboxylic acid groups (broad SMARTS) is 1. The topological polar surface area (TPSA) is 90.1 Å². The molecule has 1 aliphatic heterocycles. The number of nitrogens with zero attached hydrogens (tertiary/aromatic N) is 4. The maximum atomic E-state index is 11.0. The zero-order chi connectivity index (χ0) is 13.9. The predicted molar refractivity (Wildman–Crippen MR) is 68.5 cm³/mol. The summed E-state index contributed by atoms with van der Waals surface area (Å²) in [4.78, 5) is 14.8. The van der Waals surface area contributed by atoms with Gasteiger partial charge in [-0.3, -0.25) is 0 Å². The lowest BCUT2D eigenvalue weighted by Gasteiger charge is -2.15. The fourth-order valence-corrected chi connectivity index (χ4v) is 2.29. The lowest BCUT2D eigenvalue weighted by molar-refractivity contribution is 0.0684. The SMILES string of the molecule is O=C(O)c1ncccc1OCc1nnc2n1CCCC2. The van der Waals surface area contributed by atoms with E-state index in [1.807, 2.05) is 4.57 Å². The summed E-state index contributed by atoms with van der Waals surface area (Å²) in [6.45, 7) is 1.08. The Labute approximate surface area is 115 Å². The minimum atomic E-state index is -1.11. The summed E-state index contributed by atoms with van der Waals surface area (Å²) < 4.78 is 7.58. The highest BCUT2D eigenvalue weighted by atomic mass is 16.5. The Bertz CT molecular complexity index is 638. The average Bonchev–Trinajstić information content (AvgIpc) is 2.88. The Morgan fingerprint density at radius 2 is 2.30 bits per heavy atom. The molecule has 0 radical (unpaired) electrons. The molecule has 7 heteroatoms. The van der Waals surface area contributed by atoms with Gasteiger partial charge >= 0.3 is 5.97 Å². The Kier molecular flexibility index (Phi) is 3.32. The molecule has 0 amide bonds. The van der Waals surface area contributed by atoms with Crippen LogP contribution in [0.1, 0.15) is 35.0 Å². The van der Waals surface area contributed by atoms with Crippen LogP contribution in [-0.2, 0) is 19.6 Å². The smallest absolute Gasteiger partial charge is 0.358 e. The minimum absolute atomic E-state index is 0.0918. The molecule has 3 heterocycles. The van der Waals surface area contributed by atoms with E-state index in [-0.39, 0.29) is 18.1 Å². The monoisotopic (exact) mass is 274 g/mol. The molecule has 7 nitrogen and oxygen atoms in total. The summed E-state index contributed by atoms with van der Waals surface area (Å²) in [5, 5.41) is 17.3. The second kappa shape index (κ2) is 5.28. The van der Waals surface area contributed by atoms with Crippen molar-refractivity contribution in [3.05, 3.63) is 35.7 Å². The number of pyridine rings is 1. The van der Waals surface area contributed by atoms with E-state index in [9.17, 15) is 4.79 Å². The first-order chi connectivity index (χ1) is 9.75. The van der Waals surface area contributed by atoms with Gasteiger partial charge in [0.2, 0.25) is 0 Å². The summed E-state index contributed by atoms with van der Waals surface area (Å²) in [5.41, 5.74) is -0.0918. The largest absolute Gasteiger partial charge is 0.483 e. The first-order valence-corrected chi connectivity index (χ1v) is 6.48. The third-order valence-corrected chi connectivity index (χ3v) is 3.27. The number of hydrogen-bond acceptors (Lipinski definition) is 5. The Morgan fingerprint density at radius 3 is 3.15 bits per heavy atom. The summed E-state index contributed by atoms with van der Waals surface area (Å²) in [5.74, 6) is 0.830. The molecule has 0 saturated carbocycles. The standard InChI is InChI=1S/C13H14N4O3/c18-13(19)12-9(4-3-6-14-12)20-8-11-16-15-10-5-1-2-7-17(10)11/h3-4,6H,1-2,5,7-8H2,(H,18,19). The number of fused-ring (bicyclic) bond motifs is 1. The van der Waals surface area contributed by atoms with Gasteiger partial charge in [0.25, 0.3) is 0 Å². The molecular weight excluding hydrogens is 260 g/mol. The first-order valence-electron chi connectivity index (χ1n) is 6.48. The molecule has 0 fully saturated rings. The van der Waals surface area contributed by atoms with E-state index >= 15 is 0 Å². The second-order valence-electron chi connectivity index (χ2n) is 4.59. The van der Waals surface area contributed by atoms with Crippen LogP contribution in [0.5, 0.6) is 5.75 Å². The molecule has 0 bridgehead atoms. The van der Waals surface area contributed by atoms with Crippen LogP contribution in [0.15, 0.2) is 18.3 Å². The Hall–Kier alpha value is -2.44. The zero-order valence-corrected chi connectivity index (χ0v) is 10.8. The Morgan fingerprint density at radius 1 is 1.40 bits per heavy atom. The van der Waals surface area contributed by atoms with Crippen LogP contribution in [-0.4, -0.2) is 30.8 Å². The number of carboxylic acids is 1. The van der Waals surface area contributed by atoms with Crippen molar-refractivity contribution in [2.75, 3.05) is 0 Å². The normalized spacial score (nSPS) is 13.8. The molecule has 2 aromatic heterocycles. The first kappa shape index (κ1) is 12.6. The molecular formula is C13H14N4O3. The highest BCUT2D eigenvalue weighted by Crippen LogP contribution is 2.18. The van der Waals surface area contributed by atoms with Crippen molar-refractivity contribution in [1.29, 1.82) is 0 Å². The average molecular weight is 274 g/mol. The third kappa shape index (κ3) is 2.34. The summed E-state index contributed by atoms with van der Waals surface area (Å²) in [6.07, 6.45) is 4.59. The van der Waals surface area contributed by atoms with Crippen LogP contribution in [0.2, 0.25) is 0 Å². The van der Waals surface area contributed by atoms with Crippen molar-refractivity contribution in [3.63, 3.8) is 0 Å². The van der Waals surface area contributed by atoms with Crippen molar-refractivity contribution < 1.29 is 14.6 Å². The minimum Gasteiger partial charge on any atom is -0.483 e. The molecule has 104 valence electrons. The van der Waals surface area contributed by atoms with Gasteiger partial charge in [0.05, 0.1) is 0 Å². The molecule has 0 saturated heterocycles. The molecule has 3 rings (SSSR count). The number of ether oxygens (including phenoxy) is 1. The molecule has 0 atom stereocenters. The highest BCUT2D eigenvalue weighted by molar-refractivity contribution is 5.88. The number of hydrogen-bond donors (Lipinski definition) is 1. The van der Waals surface area contributed by atoms with Crippen molar-refractivity contribution in [3.8, 4) is 5.75 Å². The highest BCUT2D eigenvalue weighted by Gasteiger charge is 2.17. The quantitative estimate of drug-likeness (QED) is 0.903. The van der Waals surface area contributed by atoms with E-state index in [1.54, 1.807) is 12.1 Å². The number of aryl methyl sites for hydroxylation is 1. The van der Waals surface area contributed by atoms with Crippen LogP contribution in [0.4, 0.5) is 0 Å². The summed E-state index contributed by atoms with van der Waals surface area (Å²) >= 11 is 0. The number of carbonyl (C=O) groups is 1. The van der Waals surface area contributed by atoms with Crippen LogP contribution in [0.3, 0.4) is 0 Å². The molecule has 0 aliphatic carbocycles. The maximum absolute atomic E-state index is 11.0. The zero-order valence-electron chi connectivity index (χ0n) is 10.8. The van der Waals surface area contributed by atoms with Gasteiger partial charge in [-0.05, 0) is 25.0 Å². The number of aromatic nitrogens is 4. The summed E-state index contributed by atoms with van der Waals surface area (Å²) in [6, 6.07) is 3.23. The molecule has 0 spiro atoms. The van der Waals surface area contributed by atoms with Crippen LogP contribution < -0.4 is 4.74 Å². The van der Waals surface area contributed by atoms with Crippen molar-refractivity contribution >= 4 is 5.97 Å². The van der Waals surface area contributed by atoms with Gasteiger partial charge in [0, 0.05) is 19.2 Å². The van der Waals surface area contributed by atoms with E-state index in [0.717, 1.165) is 37.5 Å². The lowest BCUT2D eigenvalue weighted by Crippen LogP contribution is -2.15. The fourth-order valence-electron chi connectivity index (χ4n) is 2.29. The van der Waals surface area contributed by atoms with Crippen LogP contribution >= 0.6 is 0 Å². The van der Waals surface area contributed by atoms with Gasteiger partial charge in [-0.15, -0.1) is 10.2 Å². The van der Waals surface area contributed by atoms with Gasteiger partial charge in [-0.1, -0.05) is 0 Å². The van der Waals surface area contributed by atoms with Crippen LogP contribution in [0.25, 0.3) is 0 Å². The van der Waals surface area contributed by atoms with E-state index in [1.165, 1.54) is 6.20 Å². The molecule has 1 N–H and O–H groups in total. The van der Waals surface area contributed by atoms with Crippen molar-refractivity contribution in [1.82, 2.24) is 19.7 Å². The van der Waals surface area contributed by atoms with E-state index in [4.69, 9.17) is 9.84 Å². The fraction of sp³-hybridized carbons (Fsp3) is 0.385.